The van der Waals surface area contributed by atoms with E-state index >= 15 is 0 Å². The molecule has 0 spiro atoms. The van der Waals surface area contributed by atoms with Crippen LogP contribution in [0, 0.1) is 0 Å². The molecule has 0 aliphatic rings. The van der Waals surface area contributed by atoms with Crippen LogP contribution in [0.3, 0.4) is 0 Å². The lowest BCUT2D eigenvalue weighted by Crippen LogP contribution is -2.41. The van der Waals surface area contributed by atoms with Crippen LogP contribution in [0.2, 0.25) is 0 Å². The lowest BCUT2D eigenvalue weighted by molar-refractivity contribution is -0.117. The van der Waals surface area contributed by atoms with Gasteiger partial charge in [0.2, 0.25) is 11.0 Å². The van der Waals surface area contributed by atoms with Crippen molar-refractivity contribution in [2.24, 2.45) is 0 Å². The van der Waals surface area contributed by atoms with Gasteiger partial charge in [0.15, 0.2) is 10.1 Å². The monoisotopic (exact) mass is 388 g/mol. The standard InChI is InChI=1S/C17H16N4O3S2/c1-11(18-15(23)13-8-5-9-24-13)14(22)19-16-20-21-17(26-16)25-10-12-6-3-2-4-7-12/h2-9,11H,10H2,1H3,(H,18,23)(H,19,20,22)/t11-/m1/s1. The van der Waals surface area contributed by atoms with Crippen LogP contribution in [0.4, 0.5) is 5.13 Å². The Labute approximate surface area is 158 Å². The number of nitrogens with one attached hydrogen (secondary N) is 2. The number of carbonyl (C=O) groups is 2. The maximum absolute atomic E-state index is 12.2. The maximum Gasteiger partial charge on any atom is 0.287 e. The Bertz CT molecular complexity index is 865. The number of thioether (sulfide) groups is 1. The van der Waals surface area contributed by atoms with Crippen molar-refractivity contribution in [2.75, 3.05) is 5.32 Å². The Balaban J connectivity index is 1.50. The average molecular weight is 388 g/mol. The van der Waals surface area contributed by atoms with Gasteiger partial charge in [0.05, 0.1) is 6.26 Å². The van der Waals surface area contributed by atoms with Gasteiger partial charge in [-0.3, -0.25) is 14.9 Å². The molecule has 2 amide bonds. The number of rotatable bonds is 7. The van der Waals surface area contributed by atoms with E-state index in [2.05, 4.69) is 20.8 Å². The van der Waals surface area contributed by atoms with Crippen LogP contribution in [-0.2, 0) is 10.5 Å². The third-order valence-electron chi connectivity index (χ3n) is 3.33. The van der Waals surface area contributed by atoms with Crippen LogP contribution in [0.5, 0.6) is 0 Å². The molecule has 0 aliphatic carbocycles. The molecule has 3 aromatic rings. The molecule has 2 N–H and O–H groups in total. The lowest BCUT2D eigenvalue weighted by Gasteiger charge is -2.11. The molecule has 0 aliphatic heterocycles. The summed E-state index contributed by atoms with van der Waals surface area (Å²) in [6.45, 7) is 1.59. The highest BCUT2D eigenvalue weighted by Gasteiger charge is 2.19. The molecular weight excluding hydrogens is 372 g/mol. The van der Waals surface area contributed by atoms with E-state index in [1.807, 2.05) is 30.3 Å². The van der Waals surface area contributed by atoms with Gasteiger partial charge in [0.25, 0.3) is 5.91 Å². The number of aromatic nitrogens is 2. The van der Waals surface area contributed by atoms with E-state index < -0.39 is 11.9 Å². The molecule has 0 saturated carbocycles. The van der Waals surface area contributed by atoms with Gasteiger partial charge in [0, 0.05) is 5.75 Å². The van der Waals surface area contributed by atoms with Crippen molar-refractivity contribution >= 4 is 40.0 Å². The van der Waals surface area contributed by atoms with Gasteiger partial charge in [-0.25, -0.2) is 0 Å². The number of furan rings is 1. The first-order valence-electron chi connectivity index (χ1n) is 7.77. The minimum Gasteiger partial charge on any atom is -0.459 e. The Kier molecular flexibility index (Phi) is 6.03. The van der Waals surface area contributed by atoms with E-state index in [-0.39, 0.29) is 11.7 Å². The predicted molar refractivity (Wildman–Crippen MR) is 100 cm³/mol. The molecule has 0 radical (unpaired) electrons. The summed E-state index contributed by atoms with van der Waals surface area (Å²) in [4.78, 5) is 24.1. The molecule has 1 aromatic carbocycles. The Morgan fingerprint density at radius 2 is 2.00 bits per heavy atom. The van der Waals surface area contributed by atoms with Crippen LogP contribution >= 0.6 is 23.1 Å². The summed E-state index contributed by atoms with van der Waals surface area (Å²) >= 11 is 2.84. The smallest absolute Gasteiger partial charge is 0.287 e. The molecule has 26 heavy (non-hydrogen) atoms. The third kappa shape index (κ3) is 4.93. The molecule has 3 rings (SSSR count). The van der Waals surface area contributed by atoms with E-state index in [1.165, 1.54) is 29.2 Å². The van der Waals surface area contributed by atoms with Crippen molar-refractivity contribution in [1.82, 2.24) is 15.5 Å². The third-order valence-corrected chi connectivity index (χ3v) is 5.37. The van der Waals surface area contributed by atoms with Gasteiger partial charge in [-0.15, -0.1) is 10.2 Å². The Morgan fingerprint density at radius 1 is 1.19 bits per heavy atom. The minimum absolute atomic E-state index is 0.153. The number of nitrogens with zero attached hydrogens (tertiary/aromatic N) is 2. The second-order valence-corrected chi connectivity index (χ2v) is 7.51. The topological polar surface area (TPSA) is 97.1 Å². The summed E-state index contributed by atoms with van der Waals surface area (Å²) in [6, 6.07) is 12.4. The number of anilines is 1. The van der Waals surface area contributed by atoms with Crippen molar-refractivity contribution < 1.29 is 14.0 Å². The molecule has 9 heteroatoms. The molecule has 7 nitrogen and oxygen atoms in total. The van der Waals surface area contributed by atoms with Crippen LogP contribution < -0.4 is 10.6 Å². The van der Waals surface area contributed by atoms with Gasteiger partial charge in [-0.2, -0.15) is 0 Å². The second-order valence-electron chi connectivity index (χ2n) is 5.31. The van der Waals surface area contributed by atoms with Crippen LogP contribution in [-0.4, -0.2) is 28.1 Å². The van der Waals surface area contributed by atoms with Crippen molar-refractivity contribution in [1.29, 1.82) is 0 Å². The molecule has 134 valence electrons. The highest BCUT2D eigenvalue weighted by atomic mass is 32.2. The molecule has 1 atom stereocenters. The number of amides is 2. The fourth-order valence-corrected chi connectivity index (χ4v) is 3.70. The Morgan fingerprint density at radius 3 is 2.73 bits per heavy atom. The Hall–Kier alpha value is -2.65. The number of hydrogen-bond acceptors (Lipinski definition) is 7. The molecular formula is C17H16N4O3S2. The molecule has 0 fully saturated rings. The van der Waals surface area contributed by atoms with Crippen LogP contribution in [0.25, 0.3) is 0 Å². The number of benzene rings is 1. The fraction of sp³-hybridized carbons (Fsp3) is 0.176. The van der Waals surface area contributed by atoms with Gasteiger partial charge < -0.3 is 9.73 Å². The van der Waals surface area contributed by atoms with Crippen LogP contribution in [0.15, 0.2) is 57.5 Å². The highest BCUT2D eigenvalue weighted by molar-refractivity contribution is 8.00. The largest absolute Gasteiger partial charge is 0.459 e. The van der Waals surface area contributed by atoms with Gasteiger partial charge in [-0.1, -0.05) is 53.4 Å². The molecule has 2 aromatic heterocycles. The minimum atomic E-state index is -0.739. The fourth-order valence-electron chi connectivity index (χ4n) is 1.99. The zero-order chi connectivity index (χ0) is 18.4. The van der Waals surface area contributed by atoms with Crippen molar-refractivity contribution in [2.45, 2.75) is 23.1 Å². The van der Waals surface area contributed by atoms with Gasteiger partial charge >= 0.3 is 0 Å². The molecule has 0 bridgehead atoms. The van der Waals surface area contributed by atoms with E-state index in [1.54, 1.807) is 24.8 Å². The highest BCUT2D eigenvalue weighted by Crippen LogP contribution is 2.28. The van der Waals surface area contributed by atoms with Crippen molar-refractivity contribution in [3.8, 4) is 0 Å². The first-order chi connectivity index (χ1) is 12.6. The number of hydrogen-bond donors (Lipinski definition) is 2. The molecule has 0 unspecified atom stereocenters. The average Bonchev–Trinajstić information content (AvgIpc) is 3.33. The first-order valence-corrected chi connectivity index (χ1v) is 9.57. The van der Waals surface area contributed by atoms with E-state index in [4.69, 9.17) is 4.42 Å². The first kappa shape index (κ1) is 18.2. The summed E-state index contributed by atoms with van der Waals surface area (Å²) in [7, 11) is 0. The van der Waals surface area contributed by atoms with Crippen LogP contribution in [0.1, 0.15) is 23.0 Å². The molecule has 2 heterocycles. The SMILES string of the molecule is C[C@@H](NC(=O)c1ccco1)C(=O)Nc1nnc(SCc2ccccc2)s1. The zero-order valence-electron chi connectivity index (χ0n) is 13.8. The summed E-state index contributed by atoms with van der Waals surface area (Å²) < 4.78 is 5.75. The van der Waals surface area contributed by atoms with E-state index in [9.17, 15) is 9.59 Å². The van der Waals surface area contributed by atoms with Crippen molar-refractivity contribution in [3.63, 3.8) is 0 Å². The maximum atomic E-state index is 12.2. The number of carbonyl (C=O) groups excluding carboxylic acids is 2. The molecule has 0 saturated heterocycles. The predicted octanol–water partition coefficient (Wildman–Crippen LogP) is 3.18. The lowest BCUT2D eigenvalue weighted by atomic mass is 10.2. The van der Waals surface area contributed by atoms with Crippen molar-refractivity contribution in [3.05, 3.63) is 60.1 Å². The quantitative estimate of drug-likeness (QED) is 0.477. The van der Waals surface area contributed by atoms with E-state index in [0.717, 1.165) is 10.1 Å². The second kappa shape index (κ2) is 8.63. The van der Waals surface area contributed by atoms with Gasteiger partial charge in [-0.05, 0) is 24.6 Å². The summed E-state index contributed by atoms with van der Waals surface area (Å²) in [5, 5.41) is 13.6. The summed E-state index contributed by atoms with van der Waals surface area (Å²) in [6.07, 6.45) is 1.40. The zero-order valence-corrected chi connectivity index (χ0v) is 15.5. The van der Waals surface area contributed by atoms with Gasteiger partial charge in [0.1, 0.15) is 6.04 Å². The summed E-state index contributed by atoms with van der Waals surface area (Å²) in [5.41, 5.74) is 1.19. The summed E-state index contributed by atoms with van der Waals surface area (Å²) in [5.74, 6) is 0.105. The normalized spacial score (nSPS) is 11.7. The van der Waals surface area contributed by atoms with E-state index in [0.29, 0.717) is 5.13 Å².